The molecule has 2 amide bonds. The topological polar surface area (TPSA) is 80.8 Å². The number of methoxy groups -OCH3 is 1. The van der Waals surface area contributed by atoms with Gasteiger partial charge < -0.3 is 19.7 Å². The zero-order chi connectivity index (χ0) is 22.9. The number of nitrogens with one attached hydrogen (secondary N) is 1. The Morgan fingerprint density at radius 2 is 2.12 bits per heavy atom. The smallest absolute Gasteiger partial charge is 0.246 e. The van der Waals surface area contributed by atoms with Gasteiger partial charge in [0, 0.05) is 24.9 Å². The highest BCUT2D eigenvalue weighted by Crippen LogP contribution is 2.28. The maximum Gasteiger partial charge on any atom is 0.246 e. The molecule has 7 nitrogen and oxygen atoms in total. The average Bonchev–Trinajstić information content (AvgIpc) is 2.81. The Morgan fingerprint density at radius 1 is 1.28 bits per heavy atom. The molecule has 1 N–H and O–H groups in total. The second-order valence-electron chi connectivity index (χ2n) is 7.62. The number of carbonyl (C=O) groups is 2. The highest BCUT2D eigenvalue weighted by Gasteiger charge is 2.27. The molecule has 0 saturated carbocycles. The summed E-state index contributed by atoms with van der Waals surface area (Å²) in [5, 5.41) is 2.86. The molecule has 1 aromatic carbocycles. The number of rotatable bonds is 8. The minimum Gasteiger partial charge on any atom is -0.493 e. The molecule has 3 rings (SSSR count). The summed E-state index contributed by atoms with van der Waals surface area (Å²) in [6.45, 7) is 6.91. The number of nitrogens with zero attached hydrogens (tertiary/aromatic N) is 2. The predicted octanol–water partition coefficient (Wildman–Crippen LogP) is 3.85. The van der Waals surface area contributed by atoms with Gasteiger partial charge >= 0.3 is 0 Å². The molecule has 7 heteroatoms. The first-order chi connectivity index (χ1) is 15.5. The van der Waals surface area contributed by atoms with Crippen LogP contribution in [0.1, 0.15) is 24.1 Å². The van der Waals surface area contributed by atoms with Crippen molar-refractivity contribution in [2.24, 2.45) is 5.92 Å². The van der Waals surface area contributed by atoms with E-state index >= 15 is 0 Å². The molecule has 2 heterocycles. The molecular formula is C25H29N3O4. The van der Waals surface area contributed by atoms with Crippen LogP contribution in [0.4, 0.5) is 5.82 Å². The maximum atomic E-state index is 12.7. The van der Waals surface area contributed by atoms with Crippen molar-refractivity contribution in [1.82, 2.24) is 9.88 Å². The van der Waals surface area contributed by atoms with Crippen LogP contribution in [0, 0.1) is 12.8 Å². The van der Waals surface area contributed by atoms with Crippen molar-refractivity contribution in [2.75, 3.05) is 32.1 Å². The van der Waals surface area contributed by atoms with Crippen LogP contribution in [-0.2, 0) is 9.59 Å². The molecule has 1 atom stereocenters. The standard InChI is InChI=1S/C25H29N3O4/c1-4-15-32-21-12-10-19(16-22(21)31-3)11-13-24(29)28-14-6-8-20(17-28)25(30)27-23-9-5-7-18(2)26-23/h4-5,7,9-13,16,20H,1,6,8,14-15,17H2,2-3H3,(H,26,27,30). The third-order valence-corrected chi connectivity index (χ3v) is 5.21. The first kappa shape index (κ1) is 23.1. The Balaban J connectivity index is 1.60. The number of anilines is 1. The van der Waals surface area contributed by atoms with E-state index < -0.39 is 0 Å². The Hall–Kier alpha value is -3.61. The van der Waals surface area contributed by atoms with E-state index in [9.17, 15) is 9.59 Å². The van der Waals surface area contributed by atoms with Crippen LogP contribution in [0.5, 0.6) is 11.5 Å². The Bertz CT molecular complexity index is 1000. The predicted molar refractivity (Wildman–Crippen MR) is 125 cm³/mol. The number of carbonyl (C=O) groups excluding carboxylic acids is 2. The summed E-state index contributed by atoms with van der Waals surface area (Å²) < 4.78 is 10.9. The summed E-state index contributed by atoms with van der Waals surface area (Å²) in [4.78, 5) is 31.4. The summed E-state index contributed by atoms with van der Waals surface area (Å²) >= 11 is 0. The van der Waals surface area contributed by atoms with Crippen molar-refractivity contribution in [3.05, 3.63) is 66.4 Å². The zero-order valence-corrected chi connectivity index (χ0v) is 18.5. The van der Waals surface area contributed by atoms with E-state index in [-0.39, 0.29) is 17.7 Å². The molecule has 1 unspecified atom stereocenters. The Kier molecular flexibility index (Phi) is 8.02. The lowest BCUT2D eigenvalue weighted by atomic mass is 9.97. The normalized spacial score (nSPS) is 15.9. The number of hydrogen-bond donors (Lipinski definition) is 1. The lowest BCUT2D eigenvalue weighted by Crippen LogP contribution is -2.43. The minimum absolute atomic E-state index is 0.107. The molecular weight excluding hydrogens is 406 g/mol. The van der Waals surface area contributed by atoms with Gasteiger partial charge in [-0.3, -0.25) is 9.59 Å². The van der Waals surface area contributed by atoms with E-state index in [0.717, 1.165) is 24.1 Å². The van der Waals surface area contributed by atoms with Crippen molar-refractivity contribution < 1.29 is 19.1 Å². The van der Waals surface area contributed by atoms with E-state index in [1.807, 2.05) is 31.2 Å². The van der Waals surface area contributed by atoms with Crippen molar-refractivity contribution in [3.63, 3.8) is 0 Å². The lowest BCUT2D eigenvalue weighted by Gasteiger charge is -2.31. The summed E-state index contributed by atoms with van der Waals surface area (Å²) in [7, 11) is 1.57. The van der Waals surface area contributed by atoms with Crippen LogP contribution < -0.4 is 14.8 Å². The van der Waals surface area contributed by atoms with E-state index in [0.29, 0.717) is 37.0 Å². The molecule has 1 saturated heterocycles. The average molecular weight is 436 g/mol. The molecule has 1 fully saturated rings. The molecule has 1 aromatic heterocycles. The largest absolute Gasteiger partial charge is 0.493 e. The van der Waals surface area contributed by atoms with Gasteiger partial charge in [-0.05, 0) is 55.7 Å². The number of likely N-dealkylation sites (tertiary alicyclic amines) is 1. The minimum atomic E-state index is -0.259. The van der Waals surface area contributed by atoms with Crippen molar-refractivity contribution in [3.8, 4) is 11.5 Å². The molecule has 32 heavy (non-hydrogen) atoms. The highest BCUT2D eigenvalue weighted by atomic mass is 16.5. The summed E-state index contributed by atoms with van der Waals surface area (Å²) in [5.41, 5.74) is 1.66. The van der Waals surface area contributed by atoms with E-state index in [1.165, 1.54) is 6.08 Å². The van der Waals surface area contributed by atoms with Gasteiger partial charge in [0.05, 0.1) is 13.0 Å². The quantitative estimate of drug-likeness (QED) is 0.503. The SMILES string of the molecule is C=CCOc1ccc(C=CC(=O)N2CCCC(C(=O)Nc3cccc(C)n3)C2)cc1OC. The van der Waals surface area contributed by atoms with Crippen molar-refractivity contribution in [1.29, 1.82) is 0 Å². The number of piperidine rings is 1. The fourth-order valence-corrected chi connectivity index (χ4v) is 3.56. The van der Waals surface area contributed by atoms with Crippen LogP contribution in [0.3, 0.4) is 0 Å². The Morgan fingerprint density at radius 3 is 2.88 bits per heavy atom. The molecule has 168 valence electrons. The number of benzene rings is 1. The van der Waals surface area contributed by atoms with Gasteiger partial charge in [0.1, 0.15) is 12.4 Å². The van der Waals surface area contributed by atoms with Gasteiger partial charge in [0.25, 0.3) is 0 Å². The van der Waals surface area contributed by atoms with Gasteiger partial charge in [-0.15, -0.1) is 0 Å². The van der Waals surface area contributed by atoms with Gasteiger partial charge in [-0.25, -0.2) is 4.98 Å². The number of aryl methyl sites for hydroxylation is 1. The second kappa shape index (κ2) is 11.1. The van der Waals surface area contributed by atoms with E-state index in [4.69, 9.17) is 9.47 Å². The van der Waals surface area contributed by atoms with Crippen LogP contribution >= 0.6 is 0 Å². The molecule has 0 spiro atoms. The van der Waals surface area contributed by atoms with Crippen LogP contribution in [0.2, 0.25) is 0 Å². The monoisotopic (exact) mass is 435 g/mol. The fourth-order valence-electron chi connectivity index (χ4n) is 3.56. The van der Waals surface area contributed by atoms with Crippen LogP contribution in [-0.4, -0.2) is 48.5 Å². The molecule has 1 aliphatic rings. The number of amides is 2. The number of hydrogen-bond acceptors (Lipinski definition) is 5. The number of ether oxygens (including phenoxy) is 2. The first-order valence-corrected chi connectivity index (χ1v) is 10.6. The molecule has 0 radical (unpaired) electrons. The van der Waals surface area contributed by atoms with Gasteiger partial charge in [-0.2, -0.15) is 0 Å². The third kappa shape index (κ3) is 6.20. The van der Waals surface area contributed by atoms with E-state index in [2.05, 4.69) is 16.9 Å². The van der Waals surface area contributed by atoms with Gasteiger partial charge in [0.15, 0.2) is 11.5 Å². The van der Waals surface area contributed by atoms with Crippen molar-refractivity contribution in [2.45, 2.75) is 19.8 Å². The summed E-state index contributed by atoms with van der Waals surface area (Å²) in [5.74, 6) is 1.24. The third-order valence-electron chi connectivity index (χ3n) is 5.21. The maximum absolute atomic E-state index is 12.7. The van der Waals surface area contributed by atoms with Crippen LogP contribution in [0.15, 0.2) is 55.1 Å². The molecule has 0 bridgehead atoms. The number of pyridine rings is 1. The first-order valence-electron chi connectivity index (χ1n) is 10.6. The fraction of sp³-hybridized carbons (Fsp3) is 0.320. The molecule has 2 aromatic rings. The lowest BCUT2D eigenvalue weighted by molar-refractivity contribution is -0.130. The highest BCUT2D eigenvalue weighted by molar-refractivity contribution is 5.94. The van der Waals surface area contributed by atoms with E-state index in [1.54, 1.807) is 36.3 Å². The Labute approximate surface area is 188 Å². The molecule has 1 aliphatic heterocycles. The van der Waals surface area contributed by atoms with Gasteiger partial charge in [-0.1, -0.05) is 24.8 Å². The summed E-state index contributed by atoms with van der Waals surface area (Å²) in [6, 6.07) is 11.0. The molecule has 0 aliphatic carbocycles. The zero-order valence-electron chi connectivity index (χ0n) is 18.5. The summed E-state index contributed by atoms with van der Waals surface area (Å²) in [6.07, 6.45) is 6.45. The number of aromatic nitrogens is 1. The second-order valence-corrected chi connectivity index (χ2v) is 7.62. The van der Waals surface area contributed by atoms with Crippen LogP contribution in [0.25, 0.3) is 6.08 Å². The van der Waals surface area contributed by atoms with Gasteiger partial charge in [0.2, 0.25) is 11.8 Å². The van der Waals surface area contributed by atoms with Crippen molar-refractivity contribution >= 4 is 23.7 Å².